The van der Waals surface area contributed by atoms with Gasteiger partial charge in [-0.15, -0.1) is 11.8 Å². The van der Waals surface area contributed by atoms with Crippen LogP contribution in [0.4, 0.5) is 16.2 Å². The predicted octanol–water partition coefficient (Wildman–Crippen LogP) is 3.18. The maximum atomic E-state index is 12.9. The fraction of sp³-hybridized carbons (Fsp3) is 0.250. The van der Waals surface area contributed by atoms with Gasteiger partial charge in [-0.2, -0.15) is 0 Å². The van der Waals surface area contributed by atoms with Crippen molar-refractivity contribution in [1.82, 2.24) is 4.98 Å². The van der Waals surface area contributed by atoms with E-state index in [1.807, 2.05) is 40.1 Å². The summed E-state index contributed by atoms with van der Waals surface area (Å²) in [7, 11) is 0. The minimum atomic E-state index is 0.0644. The van der Waals surface area contributed by atoms with Gasteiger partial charge in [-0.05, 0) is 30.2 Å². The molecule has 0 atom stereocenters. The number of pyridine rings is 1. The molecule has 2 aromatic rings. The van der Waals surface area contributed by atoms with Gasteiger partial charge >= 0.3 is 6.03 Å². The number of anilines is 2. The second-order valence-corrected chi connectivity index (χ2v) is 6.22. The summed E-state index contributed by atoms with van der Waals surface area (Å²) in [6.45, 7) is 1.50. The van der Waals surface area contributed by atoms with E-state index in [0.29, 0.717) is 0 Å². The molecule has 0 unspecified atom stereocenters. The molecule has 2 aliphatic rings. The first kappa shape index (κ1) is 12.7. The zero-order chi connectivity index (χ0) is 14.2. The molecule has 0 aliphatic carbocycles. The van der Waals surface area contributed by atoms with Crippen LogP contribution >= 0.6 is 11.8 Å². The van der Waals surface area contributed by atoms with Gasteiger partial charge in [-0.1, -0.05) is 18.2 Å². The van der Waals surface area contributed by atoms with Crippen LogP contribution in [-0.4, -0.2) is 29.9 Å². The highest BCUT2D eigenvalue weighted by molar-refractivity contribution is 7.99. The molecule has 2 aliphatic heterocycles. The van der Waals surface area contributed by atoms with E-state index in [-0.39, 0.29) is 6.03 Å². The van der Waals surface area contributed by atoms with Gasteiger partial charge in [-0.25, -0.2) is 9.78 Å². The number of benzene rings is 1. The summed E-state index contributed by atoms with van der Waals surface area (Å²) in [5, 5.41) is 0.949. The van der Waals surface area contributed by atoms with E-state index in [0.717, 1.165) is 41.7 Å². The molecular weight excluding hydrogens is 282 g/mol. The number of thioether (sulfide) groups is 1. The van der Waals surface area contributed by atoms with E-state index in [1.54, 1.807) is 18.0 Å². The molecule has 0 bridgehead atoms. The van der Waals surface area contributed by atoms with Gasteiger partial charge in [0.25, 0.3) is 0 Å². The van der Waals surface area contributed by atoms with Gasteiger partial charge < -0.3 is 0 Å². The number of urea groups is 1. The Morgan fingerprint density at radius 2 is 1.86 bits per heavy atom. The van der Waals surface area contributed by atoms with Crippen molar-refractivity contribution < 1.29 is 4.79 Å². The molecule has 4 nitrogen and oxygen atoms in total. The largest absolute Gasteiger partial charge is 0.329 e. The number of aromatic nitrogens is 1. The lowest BCUT2D eigenvalue weighted by molar-refractivity contribution is 0.252. The van der Waals surface area contributed by atoms with Gasteiger partial charge in [-0.3, -0.25) is 9.80 Å². The monoisotopic (exact) mass is 297 g/mol. The Labute approximate surface area is 127 Å². The van der Waals surface area contributed by atoms with Crippen LogP contribution in [0.15, 0.2) is 47.6 Å². The molecule has 21 heavy (non-hydrogen) atoms. The molecule has 0 spiro atoms. The third-order valence-corrected chi connectivity index (χ3v) is 4.92. The SMILES string of the molecule is O=C(N1CCc2ccccc21)N1CCSc2ncccc21. The average molecular weight is 297 g/mol. The molecule has 5 heteroatoms. The highest BCUT2D eigenvalue weighted by atomic mass is 32.2. The standard InChI is InChI=1S/C16H15N3OS/c20-16(18-9-7-12-4-1-2-5-13(12)18)19-10-11-21-15-14(19)6-3-8-17-15/h1-6,8H,7,9-11H2. The van der Waals surface area contributed by atoms with Crippen molar-refractivity contribution in [2.24, 2.45) is 0 Å². The van der Waals surface area contributed by atoms with Crippen molar-refractivity contribution in [3.63, 3.8) is 0 Å². The zero-order valence-corrected chi connectivity index (χ0v) is 12.3. The number of carbonyl (C=O) groups is 1. The lowest BCUT2D eigenvalue weighted by Gasteiger charge is -2.32. The predicted molar refractivity (Wildman–Crippen MR) is 85.2 cm³/mol. The summed E-state index contributed by atoms with van der Waals surface area (Å²) in [5.41, 5.74) is 3.23. The van der Waals surface area contributed by atoms with Crippen LogP contribution in [0.2, 0.25) is 0 Å². The summed E-state index contributed by atoms with van der Waals surface area (Å²) >= 11 is 1.71. The molecule has 106 valence electrons. The van der Waals surface area contributed by atoms with Crippen LogP contribution in [0.3, 0.4) is 0 Å². The van der Waals surface area contributed by atoms with E-state index in [4.69, 9.17) is 0 Å². The fourth-order valence-corrected chi connectivity index (χ4v) is 3.86. The van der Waals surface area contributed by atoms with Crippen LogP contribution in [0, 0.1) is 0 Å². The van der Waals surface area contributed by atoms with E-state index in [2.05, 4.69) is 11.1 Å². The number of amides is 2. The quantitative estimate of drug-likeness (QED) is 0.749. The Hall–Kier alpha value is -2.01. The molecule has 2 amide bonds. The van der Waals surface area contributed by atoms with Crippen molar-refractivity contribution in [3.05, 3.63) is 48.2 Å². The van der Waals surface area contributed by atoms with Crippen molar-refractivity contribution >= 4 is 29.2 Å². The van der Waals surface area contributed by atoms with Gasteiger partial charge in [0.2, 0.25) is 0 Å². The van der Waals surface area contributed by atoms with Crippen molar-refractivity contribution in [1.29, 1.82) is 0 Å². The smallest absolute Gasteiger partial charge is 0.293 e. The van der Waals surface area contributed by atoms with Crippen LogP contribution in [0.1, 0.15) is 5.56 Å². The van der Waals surface area contributed by atoms with Crippen molar-refractivity contribution in [3.8, 4) is 0 Å². The number of nitrogens with zero attached hydrogens (tertiary/aromatic N) is 3. The fourth-order valence-electron chi connectivity index (χ4n) is 2.93. The van der Waals surface area contributed by atoms with Crippen molar-refractivity contribution in [2.45, 2.75) is 11.4 Å². The van der Waals surface area contributed by atoms with Gasteiger partial charge in [0.1, 0.15) is 5.03 Å². The Morgan fingerprint density at radius 1 is 1.05 bits per heavy atom. The van der Waals surface area contributed by atoms with Crippen molar-refractivity contribution in [2.75, 3.05) is 28.6 Å². The first-order valence-corrected chi connectivity index (χ1v) is 8.08. The number of fused-ring (bicyclic) bond motifs is 2. The van der Waals surface area contributed by atoms with E-state index in [9.17, 15) is 4.79 Å². The second kappa shape index (κ2) is 5.07. The molecule has 1 aromatic heterocycles. The molecule has 0 fully saturated rings. The molecule has 0 saturated heterocycles. The molecule has 0 N–H and O–H groups in total. The summed E-state index contributed by atoms with van der Waals surface area (Å²) in [6, 6.07) is 12.1. The summed E-state index contributed by atoms with van der Waals surface area (Å²) in [6.07, 6.45) is 2.72. The number of carbonyl (C=O) groups excluding carboxylic acids is 1. The van der Waals surface area contributed by atoms with Crippen LogP contribution in [0.25, 0.3) is 0 Å². The second-order valence-electron chi connectivity index (χ2n) is 5.14. The van der Waals surface area contributed by atoms with E-state index >= 15 is 0 Å². The Kier molecular flexibility index (Phi) is 3.07. The Bertz CT molecular complexity index is 703. The van der Waals surface area contributed by atoms with Gasteiger partial charge in [0, 0.05) is 30.7 Å². The van der Waals surface area contributed by atoms with Gasteiger partial charge in [0.15, 0.2) is 0 Å². The summed E-state index contributed by atoms with van der Waals surface area (Å²) in [4.78, 5) is 21.1. The Balaban J connectivity index is 1.68. The number of hydrogen-bond donors (Lipinski definition) is 0. The highest BCUT2D eigenvalue weighted by Crippen LogP contribution is 2.35. The maximum Gasteiger partial charge on any atom is 0.329 e. The first-order chi connectivity index (χ1) is 10.3. The highest BCUT2D eigenvalue weighted by Gasteiger charge is 2.31. The average Bonchev–Trinajstić information content (AvgIpc) is 2.98. The number of hydrogen-bond acceptors (Lipinski definition) is 3. The lowest BCUT2D eigenvalue weighted by atomic mass is 10.2. The Morgan fingerprint density at radius 3 is 2.81 bits per heavy atom. The van der Waals surface area contributed by atoms with Crippen LogP contribution in [0.5, 0.6) is 0 Å². The van der Waals surface area contributed by atoms with Crippen LogP contribution in [-0.2, 0) is 6.42 Å². The minimum Gasteiger partial charge on any atom is -0.293 e. The number of rotatable bonds is 0. The van der Waals surface area contributed by atoms with Crippen LogP contribution < -0.4 is 9.80 Å². The third kappa shape index (κ3) is 2.08. The lowest BCUT2D eigenvalue weighted by Crippen LogP contribution is -2.45. The molecule has 4 rings (SSSR count). The molecule has 3 heterocycles. The molecule has 0 radical (unpaired) electrons. The molecule has 0 saturated carbocycles. The molecular formula is C16H15N3OS. The maximum absolute atomic E-state index is 12.9. The van der Waals surface area contributed by atoms with E-state index in [1.165, 1.54) is 5.56 Å². The molecule has 1 aromatic carbocycles. The minimum absolute atomic E-state index is 0.0644. The topological polar surface area (TPSA) is 36.4 Å². The number of para-hydroxylation sites is 1. The summed E-state index contributed by atoms with van der Waals surface area (Å²) in [5.74, 6) is 0.894. The zero-order valence-electron chi connectivity index (χ0n) is 11.5. The van der Waals surface area contributed by atoms with E-state index < -0.39 is 0 Å². The summed E-state index contributed by atoms with van der Waals surface area (Å²) < 4.78 is 0. The third-order valence-electron chi connectivity index (χ3n) is 3.94. The first-order valence-electron chi connectivity index (χ1n) is 7.09. The normalized spacial score (nSPS) is 16.6. The van der Waals surface area contributed by atoms with Gasteiger partial charge in [0.05, 0.1) is 5.69 Å².